The quantitative estimate of drug-likeness (QED) is 0.813. The number of hydrogen-bond donors (Lipinski definition) is 1. The maximum absolute atomic E-state index is 12.2. The molecule has 0 aromatic rings. The molecule has 3 saturated carbocycles. The molecular weight excluding hydrogens is 277 g/mol. The second-order valence-electron chi connectivity index (χ2n) is 8.85. The van der Waals surface area contributed by atoms with Gasteiger partial charge in [0.25, 0.3) is 0 Å². The molecule has 0 aromatic heterocycles. The lowest BCUT2D eigenvalue weighted by Crippen LogP contribution is -2.65. The third-order valence-electron chi connectivity index (χ3n) is 6.93. The van der Waals surface area contributed by atoms with Gasteiger partial charge in [-0.1, -0.05) is 34.6 Å². The van der Waals surface area contributed by atoms with Crippen molar-refractivity contribution in [2.24, 2.45) is 22.7 Å². The van der Waals surface area contributed by atoms with Crippen molar-refractivity contribution >= 4 is 13.0 Å². The number of amides is 1. The molecule has 3 aliphatic carbocycles. The number of rotatable bonds is 4. The van der Waals surface area contributed by atoms with E-state index < -0.39 is 0 Å². The second-order valence-corrected chi connectivity index (χ2v) is 8.85. The Hall–Kier alpha value is -0.545. The summed E-state index contributed by atoms with van der Waals surface area (Å²) in [7, 11) is -0.304. The van der Waals surface area contributed by atoms with Gasteiger partial charge in [-0.05, 0) is 43.4 Å². The summed E-state index contributed by atoms with van der Waals surface area (Å²) in [6, 6.07) is 0. The van der Waals surface area contributed by atoms with E-state index in [0.29, 0.717) is 17.8 Å². The van der Waals surface area contributed by atoms with Crippen LogP contribution in [0.2, 0.25) is 0 Å². The first-order valence-corrected chi connectivity index (χ1v) is 8.73. The fraction of sp³-hybridized carbons (Fsp3) is 0.941. The van der Waals surface area contributed by atoms with Crippen LogP contribution in [0.25, 0.3) is 0 Å². The Morgan fingerprint density at radius 3 is 2.59 bits per heavy atom. The van der Waals surface area contributed by atoms with E-state index in [2.05, 4.69) is 26.1 Å². The molecule has 1 saturated heterocycles. The van der Waals surface area contributed by atoms with Crippen molar-refractivity contribution in [2.75, 3.05) is 6.44 Å². The Kier molecular flexibility index (Phi) is 3.69. The monoisotopic (exact) mass is 307 g/mol. The SMILES string of the molecule is CCC(C)(C)C(=O)NCB1O[C@@H]2C[C@@H]3C[C@@H](C3(C)C)[C@]2(C)O1. The van der Waals surface area contributed by atoms with Crippen molar-refractivity contribution in [1.82, 2.24) is 5.32 Å². The zero-order chi connectivity index (χ0) is 16.3. The average Bonchev–Trinajstić information content (AvgIpc) is 2.80. The molecule has 5 heteroatoms. The van der Waals surface area contributed by atoms with E-state index in [-0.39, 0.29) is 30.1 Å². The summed E-state index contributed by atoms with van der Waals surface area (Å²) in [6.07, 6.45) is 3.80. The van der Waals surface area contributed by atoms with Crippen LogP contribution in [0.1, 0.15) is 60.8 Å². The minimum atomic E-state index is -0.334. The summed E-state index contributed by atoms with van der Waals surface area (Å²) in [5.41, 5.74) is -0.163. The van der Waals surface area contributed by atoms with Gasteiger partial charge in [0, 0.05) is 5.41 Å². The standard InChI is InChI=1S/C17H30BNO3/c1-7-15(2,3)14(20)19-10-18-21-13-9-11-8-12(16(11,4)5)17(13,6)22-18/h11-13H,7-10H2,1-6H3,(H,19,20)/t11-,12-,13+,17-/m0/s1. The molecule has 4 rings (SSSR count). The van der Waals surface area contributed by atoms with Gasteiger partial charge < -0.3 is 14.6 Å². The number of nitrogens with one attached hydrogen (secondary N) is 1. The zero-order valence-corrected chi connectivity index (χ0v) is 14.9. The van der Waals surface area contributed by atoms with E-state index in [0.717, 1.165) is 18.8 Å². The van der Waals surface area contributed by atoms with Gasteiger partial charge in [-0.3, -0.25) is 4.79 Å². The lowest BCUT2D eigenvalue weighted by Gasteiger charge is -2.64. The first-order valence-electron chi connectivity index (χ1n) is 8.73. The Morgan fingerprint density at radius 1 is 1.32 bits per heavy atom. The Bertz CT molecular complexity index is 479. The molecule has 2 bridgehead atoms. The maximum Gasteiger partial charge on any atom is 0.478 e. The highest BCUT2D eigenvalue weighted by atomic mass is 16.7. The highest BCUT2D eigenvalue weighted by Gasteiger charge is 2.67. The van der Waals surface area contributed by atoms with Crippen LogP contribution < -0.4 is 5.32 Å². The van der Waals surface area contributed by atoms with Gasteiger partial charge in [-0.25, -0.2) is 0 Å². The fourth-order valence-electron chi connectivity index (χ4n) is 4.61. The molecule has 0 spiro atoms. The molecule has 1 amide bonds. The molecule has 4 nitrogen and oxygen atoms in total. The third-order valence-corrected chi connectivity index (χ3v) is 6.93. The Labute approximate surface area is 134 Å². The van der Waals surface area contributed by atoms with E-state index in [1.807, 2.05) is 20.8 Å². The van der Waals surface area contributed by atoms with Crippen LogP contribution in [0.4, 0.5) is 0 Å². The van der Waals surface area contributed by atoms with E-state index >= 15 is 0 Å². The molecule has 22 heavy (non-hydrogen) atoms. The van der Waals surface area contributed by atoms with Crippen LogP contribution in [0.5, 0.6) is 0 Å². The Morgan fingerprint density at radius 2 is 2.00 bits per heavy atom. The van der Waals surface area contributed by atoms with Crippen LogP contribution in [0.15, 0.2) is 0 Å². The molecule has 124 valence electrons. The normalized spacial score (nSPS) is 39.2. The summed E-state index contributed by atoms with van der Waals surface area (Å²) in [5, 5.41) is 3.00. The molecule has 1 N–H and O–H groups in total. The minimum Gasteiger partial charge on any atom is -0.404 e. The summed E-state index contributed by atoms with van der Waals surface area (Å²) < 4.78 is 12.4. The first-order chi connectivity index (χ1) is 10.1. The predicted molar refractivity (Wildman–Crippen MR) is 87.2 cm³/mol. The molecule has 0 radical (unpaired) electrons. The number of hydrogen-bond acceptors (Lipinski definition) is 3. The topological polar surface area (TPSA) is 47.6 Å². The molecule has 0 unspecified atom stereocenters. The van der Waals surface area contributed by atoms with Crippen molar-refractivity contribution in [2.45, 2.75) is 72.5 Å². The highest BCUT2D eigenvalue weighted by molar-refractivity contribution is 6.46. The largest absolute Gasteiger partial charge is 0.478 e. The van der Waals surface area contributed by atoms with Crippen LogP contribution >= 0.6 is 0 Å². The molecular formula is C17H30BNO3. The van der Waals surface area contributed by atoms with E-state index in [1.54, 1.807) is 0 Å². The summed E-state index contributed by atoms with van der Waals surface area (Å²) in [6.45, 7) is 12.9. The van der Waals surface area contributed by atoms with Gasteiger partial charge in [-0.15, -0.1) is 0 Å². The average molecular weight is 307 g/mol. The van der Waals surface area contributed by atoms with Gasteiger partial charge in [0.1, 0.15) is 0 Å². The van der Waals surface area contributed by atoms with Crippen LogP contribution in [0, 0.1) is 22.7 Å². The van der Waals surface area contributed by atoms with Crippen LogP contribution in [0.3, 0.4) is 0 Å². The van der Waals surface area contributed by atoms with Gasteiger partial charge in [0.2, 0.25) is 5.91 Å². The third kappa shape index (κ3) is 2.23. The lowest BCUT2D eigenvalue weighted by atomic mass is 9.43. The molecule has 4 fully saturated rings. The van der Waals surface area contributed by atoms with Crippen molar-refractivity contribution in [3.8, 4) is 0 Å². The maximum atomic E-state index is 12.2. The van der Waals surface area contributed by atoms with E-state index in [1.165, 1.54) is 6.42 Å². The molecule has 4 atom stereocenters. The first kappa shape index (κ1) is 16.3. The summed E-state index contributed by atoms with van der Waals surface area (Å²) in [5.74, 6) is 1.40. The lowest BCUT2D eigenvalue weighted by molar-refractivity contribution is -0.199. The van der Waals surface area contributed by atoms with Gasteiger partial charge in [-0.2, -0.15) is 0 Å². The second kappa shape index (κ2) is 4.97. The van der Waals surface area contributed by atoms with E-state index in [9.17, 15) is 4.79 Å². The van der Waals surface area contributed by atoms with Crippen LogP contribution in [-0.4, -0.2) is 31.2 Å². The molecule has 1 aliphatic heterocycles. The fourth-order valence-corrected chi connectivity index (χ4v) is 4.61. The molecule has 0 aromatic carbocycles. The summed E-state index contributed by atoms with van der Waals surface area (Å²) in [4.78, 5) is 12.2. The van der Waals surface area contributed by atoms with Gasteiger partial charge in [0.15, 0.2) is 0 Å². The minimum absolute atomic E-state index is 0.0758. The molecule has 4 aliphatic rings. The smallest absolute Gasteiger partial charge is 0.404 e. The van der Waals surface area contributed by atoms with Crippen molar-refractivity contribution < 1.29 is 14.1 Å². The van der Waals surface area contributed by atoms with Crippen LogP contribution in [-0.2, 0) is 14.1 Å². The van der Waals surface area contributed by atoms with Crippen molar-refractivity contribution in [3.63, 3.8) is 0 Å². The number of carbonyl (C=O) groups is 1. The predicted octanol–water partition coefficient (Wildman–Crippen LogP) is 2.81. The number of carbonyl (C=O) groups excluding carboxylic acids is 1. The van der Waals surface area contributed by atoms with Gasteiger partial charge >= 0.3 is 7.12 Å². The summed E-state index contributed by atoms with van der Waals surface area (Å²) >= 11 is 0. The molecule has 1 heterocycles. The zero-order valence-electron chi connectivity index (χ0n) is 14.9. The van der Waals surface area contributed by atoms with Crippen molar-refractivity contribution in [3.05, 3.63) is 0 Å². The Balaban J connectivity index is 1.60. The van der Waals surface area contributed by atoms with Gasteiger partial charge in [0.05, 0.1) is 18.1 Å². The highest BCUT2D eigenvalue weighted by Crippen LogP contribution is 2.65. The van der Waals surface area contributed by atoms with Crippen molar-refractivity contribution in [1.29, 1.82) is 0 Å². The van der Waals surface area contributed by atoms with E-state index in [4.69, 9.17) is 9.31 Å².